The van der Waals surface area contributed by atoms with Crippen LogP contribution in [-0.4, -0.2) is 67.1 Å². The molecule has 0 atom stereocenters. The van der Waals surface area contributed by atoms with Crippen LogP contribution in [0.5, 0.6) is 0 Å². The van der Waals surface area contributed by atoms with E-state index in [4.69, 9.17) is 5.26 Å². The molecule has 0 aromatic heterocycles. The Kier molecular flexibility index (Phi) is 6.31. The fourth-order valence-corrected chi connectivity index (χ4v) is 2.55. The number of nitrogens with zero attached hydrogens (tertiary/aromatic N) is 4. The molecule has 0 N–H and O–H groups in total. The maximum atomic E-state index is 8.77. The summed E-state index contributed by atoms with van der Waals surface area (Å²) in [5.74, 6) is 0. The molecule has 2 fully saturated rings. The number of likely N-dealkylation sites (tertiary alicyclic amines) is 1. The Balaban J connectivity index is 0.000000686. The largest absolute Gasteiger partial charge is 0.308 e. The summed E-state index contributed by atoms with van der Waals surface area (Å²) in [5, 5.41) is 8.77. The first-order chi connectivity index (χ1) is 8.29. The van der Waals surface area contributed by atoms with Gasteiger partial charge in [-0.05, 0) is 33.0 Å². The summed E-state index contributed by atoms with van der Waals surface area (Å²) in [6, 6.07) is 0.766. The SMILES string of the molecule is CC.CN1CCC(N2CCN(C#N)CC2)CC1. The van der Waals surface area contributed by atoms with Crippen molar-refractivity contribution in [3.05, 3.63) is 0 Å². The van der Waals surface area contributed by atoms with Crippen molar-refractivity contribution < 1.29 is 0 Å². The molecule has 98 valence electrons. The number of hydrogen-bond donors (Lipinski definition) is 0. The van der Waals surface area contributed by atoms with Gasteiger partial charge in [-0.25, -0.2) is 0 Å². The van der Waals surface area contributed by atoms with Gasteiger partial charge in [-0.1, -0.05) is 13.8 Å². The molecule has 0 aromatic carbocycles. The van der Waals surface area contributed by atoms with E-state index in [2.05, 4.69) is 23.0 Å². The van der Waals surface area contributed by atoms with Gasteiger partial charge in [-0.3, -0.25) is 4.90 Å². The van der Waals surface area contributed by atoms with Crippen LogP contribution in [0.2, 0.25) is 0 Å². The lowest BCUT2D eigenvalue weighted by atomic mass is 10.0. The zero-order chi connectivity index (χ0) is 12.7. The average molecular weight is 238 g/mol. The fraction of sp³-hybridized carbons (Fsp3) is 0.923. The van der Waals surface area contributed by atoms with Crippen molar-refractivity contribution in [2.45, 2.75) is 32.7 Å². The van der Waals surface area contributed by atoms with E-state index >= 15 is 0 Å². The molecule has 2 aliphatic rings. The molecular weight excluding hydrogens is 212 g/mol. The lowest BCUT2D eigenvalue weighted by molar-refractivity contribution is 0.0828. The Hall–Kier alpha value is -0.790. The van der Waals surface area contributed by atoms with Crippen molar-refractivity contribution >= 4 is 0 Å². The van der Waals surface area contributed by atoms with Crippen LogP contribution in [0.1, 0.15) is 26.7 Å². The molecule has 0 aliphatic carbocycles. The summed E-state index contributed by atoms with van der Waals surface area (Å²) in [6.07, 6.45) is 4.82. The molecule has 17 heavy (non-hydrogen) atoms. The van der Waals surface area contributed by atoms with E-state index in [1.807, 2.05) is 18.7 Å². The first-order valence-corrected chi connectivity index (χ1v) is 6.87. The number of piperidine rings is 1. The summed E-state index contributed by atoms with van der Waals surface area (Å²) >= 11 is 0. The summed E-state index contributed by atoms with van der Waals surface area (Å²) < 4.78 is 0. The van der Waals surface area contributed by atoms with Crippen molar-refractivity contribution in [2.75, 3.05) is 46.3 Å². The van der Waals surface area contributed by atoms with Crippen LogP contribution in [0.25, 0.3) is 0 Å². The van der Waals surface area contributed by atoms with Crippen LogP contribution < -0.4 is 0 Å². The van der Waals surface area contributed by atoms with Crippen LogP contribution in [0.15, 0.2) is 0 Å². The molecule has 0 aromatic rings. The molecule has 2 rings (SSSR count). The topological polar surface area (TPSA) is 33.5 Å². The van der Waals surface area contributed by atoms with E-state index in [9.17, 15) is 0 Å². The molecule has 2 saturated heterocycles. The summed E-state index contributed by atoms with van der Waals surface area (Å²) in [4.78, 5) is 6.84. The van der Waals surface area contributed by atoms with Gasteiger partial charge in [0.05, 0.1) is 0 Å². The maximum Gasteiger partial charge on any atom is 0.179 e. The molecular formula is C13H26N4. The van der Waals surface area contributed by atoms with Gasteiger partial charge in [0.1, 0.15) is 0 Å². The fourth-order valence-electron chi connectivity index (χ4n) is 2.55. The molecule has 0 amide bonds. The molecule has 0 unspecified atom stereocenters. The van der Waals surface area contributed by atoms with E-state index in [1.165, 1.54) is 25.9 Å². The van der Waals surface area contributed by atoms with Gasteiger partial charge in [0.2, 0.25) is 0 Å². The monoisotopic (exact) mass is 238 g/mol. The normalized spacial score (nSPS) is 23.8. The van der Waals surface area contributed by atoms with E-state index in [0.29, 0.717) is 0 Å². The van der Waals surface area contributed by atoms with Gasteiger partial charge in [-0.2, -0.15) is 5.26 Å². The van der Waals surface area contributed by atoms with Crippen molar-refractivity contribution in [3.63, 3.8) is 0 Å². The van der Waals surface area contributed by atoms with Gasteiger partial charge in [0.25, 0.3) is 0 Å². The minimum Gasteiger partial charge on any atom is -0.308 e. The average Bonchev–Trinajstić information content (AvgIpc) is 2.42. The third-order valence-corrected chi connectivity index (χ3v) is 3.66. The van der Waals surface area contributed by atoms with Crippen LogP contribution in [-0.2, 0) is 0 Å². The van der Waals surface area contributed by atoms with E-state index < -0.39 is 0 Å². The second kappa shape index (κ2) is 7.52. The van der Waals surface area contributed by atoms with Gasteiger partial charge in [-0.15, -0.1) is 0 Å². The van der Waals surface area contributed by atoms with Crippen LogP contribution >= 0.6 is 0 Å². The van der Waals surface area contributed by atoms with Crippen LogP contribution in [0.3, 0.4) is 0 Å². The Morgan fingerprint density at radius 1 is 0.941 bits per heavy atom. The highest BCUT2D eigenvalue weighted by Crippen LogP contribution is 2.16. The van der Waals surface area contributed by atoms with E-state index in [0.717, 1.165) is 32.2 Å². The Morgan fingerprint density at radius 3 is 1.94 bits per heavy atom. The highest BCUT2D eigenvalue weighted by Gasteiger charge is 2.25. The molecule has 2 heterocycles. The summed E-state index contributed by atoms with van der Waals surface area (Å²) in [5.41, 5.74) is 0. The maximum absolute atomic E-state index is 8.77. The van der Waals surface area contributed by atoms with Gasteiger partial charge in [0, 0.05) is 32.2 Å². The van der Waals surface area contributed by atoms with Gasteiger partial charge in [0.15, 0.2) is 6.19 Å². The molecule has 0 bridgehead atoms. The summed E-state index contributed by atoms with van der Waals surface area (Å²) in [6.45, 7) is 10.4. The van der Waals surface area contributed by atoms with Crippen molar-refractivity contribution in [1.29, 1.82) is 5.26 Å². The minimum absolute atomic E-state index is 0.766. The van der Waals surface area contributed by atoms with Gasteiger partial charge >= 0.3 is 0 Å². The highest BCUT2D eigenvalue weighted by molar-refractivity contribution is 4.86. The number of hydrogen-bond acceptors (Lipinski definition) is 4. The Morgan fingerprint density at radius 2 is 1.47 bits per heavy atom. The minimum atomic E-state index is 0.766. The molecule has 2 aliphatic heterocycles. The van der Waals surface area contributed by atoms with Gasteiger partial charge < -0.3 is 9.80 Å². The van der Waals surface area contributed by atoms with Crippen molar-refractivity contribution in [2.24, 2.45) is 0 Å². The van der Waals surface area contributed by atoms with Crippen LogP contribution in [0, 0.1) is 11.5 Å². The Labute approximate surface area is 106 Å². The molecule has 0 radical (unpaired) electrons. The number of nitriles is 1. The summed E-state index contributed by atoms with van der Waals surface area (Å²) in [7, 11) is 2.20. The molecule has 0 spiro atoms. The quantitative estimate of drug-likeness (QED) is 0.643. The lowest BCUT2D eigenvalue weighted by Gasteiger charge is -2.40. The zero-order valence-corrected chi connectivity index (χ0v) is 11.5. The first-order valence-electron chi connectivity index (χ1n) is 6.87. The molecule has 4 heteroatoms. The van der Waals surface area contributed by atoms with Crippen LogP contribution in [0.4, 0.5) is 0 Å². The smallest absolute Gasteiger partial charge is 0.179 e. The third-order valence-electron chi connectivity index (χ3n) is 3.66. The number of piperazine rings is 1. The standard InChI is InChI=1S/C11H20N4.C2H6/c1-13-4-2-11(3-5-13)15-8-6-14(10-12)7-9-15;1-2/h11H,2-9H2,1H3;1-2H3. The second-order valence-electron chi connectivity index (χ2n) is 4.66. The predicted octanol–water partition coefficient (Wildman–Crippen LogP) is 1.21. The van der Waals surface area contributed by atoms with Crippen molar-refractivity contribution in [1.82, 2.24) is 14.7 Å². The molecule has 0 saturated carbocycles. The predicted molar refractivity (Wildman–Crippen MR) is 70.6 cm³/mol. The third kappa shape index (κ3) is 4.18. The second-order valence-corrected chi connectivity index (χ2v) is 4.66. The van der Waals surface area contributed by atoms with E-state index in [1.54, 1.807) is 0 Å². The molecule has 4 nitrogen and oxygen atoms in total. The zero-order valence-electron chi connectivity index (χ0n) is 11.5. The first kappa shape index (κ1) is 14.3. The number of rotatable bonds is 1. The van der Waals surface area contributed by atoms with E-state index in [-0.39, 0.29) is 0 Å². The lowest BCUT2D eigenvalue weighted by Crippen LogP contribution is -2.51. The highest BCUT2D eigenvalue weighted by atomic mass is 15.3. The van der Waals surface area contributed by atoms with Crippen molar-refractivity contribution in [3.8, 4) is 6.19 Å². The Bertz CT molecular complexity index is 232.